The molecule has 4 rings (SSSR count). The van der Waals surface area contributed by atoms with E-state index in [1.165, 1.54) is 4.90 Å². The first kappa shape index (κ1) is 28.8. The van der Waals surface area contributed by atoms with Crippen LogP contribution in [0.3, 0.4) is 0 Å². The molecule has 39 heavy (non-hydrogen) atoms. The third-order valence-corrected chi connectivity index (χ3v) is 7.56. The average molecular weight is 551 g/mol. The Kier molecular flexibility index (Phi) is 10.9. The number of hydroxylamine groups is 1. The molecule has 4 N–H and O–H groups in total. The number of anilines is 1. The second-order valence-electron chi connectivity index (χ2n) is 9.39. The maximum Gasteiger partial charge on any atom is 0.243 e. The Morgan fingerprint density at radius 2 is 1.62 bits per heavy atom. The highest BCUT2D eigenvalue weighted by Gasteiger charge is 2.32. The standard InChI is InChI=1S/C30H34N2O6S/c33-19-21-13-15-22(16-14-21)27-18-25(20-39-26-9-2-1-3-10-26)37-30(38-27)23-7-6-8-24(17-23)31-28(34)11-4-5-12-29(35)32-36/h1-3,6-10,13-17,25,27,30,33,36H,4-5,11-12,18-20H2,(H,31,34)(H,32,35). The first-order valence-electron chi connectivity index (χ1n) is 13.0. The number of hydrogen-bond acceptors (Lipinski definition) is 7. The summed E-state index contributed by atoms with van der Waals surface area (Å²) < 4.78 is 12.8. The molecule has 3 atom stereocenters. The zero-order chi connectivity index (χ0) is 27.5. The third-order valence-electron chi connectivity index (χ3n) is 6.42. The van der Waals surface area contributed by atoms with Crippen LogP contribution in [0.2, 0.25) is 0 Å². The van der Waals surface area contributed by atoms with Gasteiger partial charge in [0.05, 0.1) is 18.8 Å². The van der Waals surface area contributed by atoms with Gasteiger partial charge < -0.3 is 19.9 Å². The van der Waals surface area contributed by atoms with E-state index in [-0.39, 0.29) is 37.6 Å². The Morgan fingerprint density at radius 3 is 2.33 bits per heavy atom. The number of carbonyl (C=O) groups is 2. The van der Waals surface area contributed by atoms with Crippen LogP contribution in [0.5, 0.6) is 0 Å². The van der Waals surface area contributed by atoms with Gasteiger partial charge in [0, 0.05) is 41.2 Å². The van der Waals surface area contributed by atoms with Crippen molar-refractivity contribution < 1.29 is 29.4 Å². The normalized spacial score (nSPS) is 18.9. The van der Waals surface area contributed by atoms with E-state index >= 15 is 0 Å². The fraction of sp³-hybridized carbons (Fsp3) is 0.333. The number of thioether (sulfide) groups is 1. The third kappa shape index (κ3) is 8.91. The Hall–Kier alpha value is -3.21. The molecule has 1 aliphatic rings. The molecule has 9 heteroatoms. The van der Waals surface area contributed by atoms with Crippen molar-refractivity contribution in [3.63, 3.8) is 0 Å². The van der Waals surface area contributed by atoms with Gasteiger partial charge in [0.2, 0.25) is 11.8 Å². The van der Waals surface area contributed by atoms with Crippen molar-refractivity contribution in [1.82, 2.24) is 5.48 Å². The molecule has 206 valence electrons. The molecule has 0 aromatic heterocycles. The zero-order valence-electron chi connectivity index (χ0n) is 21.6. The van der Waals surface area contributed by atoms with E-state index in [9.17, 15) is 14.7 Å². The number of benzene rings is 3. The smallest absolute Gasteiger partial charge is 0.243 e. The van der Waals surface area contributed by atoms with Crippen molar-refractivity contribution in [3.8, 4) is 0 Å². The van der Waals surface area contributed by atoms with Gasteiger partial charge in [-0.15, -0.1) is 11.8 Å². The molecule has 3 aromatic carbocycles. The van der Waals surface area contributed by atoms with Gasteiger partial charge in [-0.2, -0.15) is 0 Å². The van der Waals surface area contributed by atoms with E-state index in [0.29, 0.717) is 24.9 Å². The maximum absolute atomic E-state index is 12.4. The molecule has 2 amide bonds. The molecule has 3 unspecified atom stereocenters. The maximum atomic E-state index is 12.4. The zero-order valence-corrected chi connectivity index (χ0v) is 22.4. The number of rotatable bonds is 12. The first-order valence-corrected chi connectivity index (χ1v) is 14.0. The summed E-state index contributed by atoms with van der Waals surface area (Å²) in [7, 11) is 0. The minimum Gasteiger partial charge on any atom is -0.392 e. The molecular weight excluding hydrogens is 516 g/mol. The molecule has 1 fully saturated rings. The van der Waals surface area contributed by atoms with Crippen LogP contribution in [-0.2, 0) is 25.7 Å². The summed E-state index contributed by atoms with van der Waals surface area (Å²) in [6.07, 6.45) is 1.31. The van der Waals surface area contributed by atoms with Crippen molar-refractivity contribution in [2.75, 3.05) is 11.1 Å². The Labute approximate surface area is 232 Å². The van der Waals surface area contributed by atoms with Crippen LogP contribution in [0.25, 0.3) is 0 Å². The molecule has 1 saturated heterocycles. The topological polar surface area (TPSA) is 117 Å². The van der Waals surface area contributed by atoms with Crippen LogP contribution >= 0.6 is 11.8 Å². The molecule has 1 aliphatic heterocycles. The molecule has 8 nitrogen and oxygen atoms in total. The number of hydrogen-bond donors (Lipinski definition) is 4. The lowest BCUT2D eigenvalue weighted by molar-refractivity contribution is -0.245. The highest BCUT2D eigenvalue weighted by Crippen LogP contribution is 2.39. The molecule has 0 saturated carbocycles. The van der Waals surface area contributed by atoms with Crippen molar-refractivity contribution in [2.24, 2.45) is 0 Å². The van der Waals surface area contributed by atoms with E-state index in [1.807, 2.05) is 66.7 Å². The van der Waals surface area contributed by atoms with Gasteiger partial charge in [0.25, 0.3) is 0 Å². The SMILES string of the molecule is O=C(CCCCC(=O)Nc1cccc(C2OC(CSc3ccccc3)CC(c3ccc(CO)cc3)O2)c1)NO. The predicted molar refractivity (Wildman–Crippen MR) is 149 cm³/mol. The summed E-state index contributed by atoms with van der Waals surface area (Å²) in [6.45, 7) is -0.00954. The predicted octanol–water partition coefficient (Wildman–Crippen LogP) is 5.52. The Bertz CT molecular complexity index is 1210. The van der Waals surface area contributed by atoms with E-state index < -0.39 is 12.2 Å². The van der Waals surface area contributed by atoms with Crippen molar-refractivity contribution in [1.29, 1.82) is 0 Å². The van der Waals surface area contributed by atoms with E-state index in [2.05, 4.69) is 17.4 Å². The largest absolute Gasteiger partial charge is 0.392 e. The number of unbranched alkanes of at least 4 members (excludes halogenated alkanes) is 1. The van der Waals surface area contributed by atoms with Crippen molar-refractivity contribution in [3.05, 3.63) is 95.6 Å². The summed E-state index contributed by atoms with van der Waals surface area (Å²) in [5.41, 5.74) is 4.91. The Morgan fingerprint density at radius 1 is 0.872 bits per heavy atom. The van der Waals surface area contributed by atoms with Crippen LogP contribution in [-0.4, -0.2) is 34.0 Å². The highest BCUT2D eigenvalue weighted by atomic mass is 32.2. The fourth-order valence-electron chi connectivity index (χ4n) is 4.34. The van der Waals surface area contributed by atoms with Crippen LogP contribution in [0.1, 0.15) is 61.2 Å². The summed E-state index contributed by atoms with van der Waals surface area (Å²) in [6, 6.07) is 25.5. The lowest BCUT2D eigenvalue weighted by atomic mass is 10.0. The van der Waals surface area contributed by atoms with Crippen LogP contribution in [0, 0.1) is 0 Å². The van der Waals surface area contributed by atoms with E-state index in [0.717, 1.165) is 22.4 Å². The highest BCUT2D eigenvalue weighted by molar-refractivity contribution is 7.99. The molecule has 0 aliphatic carbocycles. The minimum atomic E-state index is -0.614. The number of nitrogens with one attached hydrogen (secondary N) is 2. The molecule has 1 heterocycles. The van der Waals surface area contributed by atoms with Crippen LogP contribution < -0.4 is 10.8 Å². The number of ether oxygens (including phenoxy) is 2. The second-order valence-corrected chi connectivity index (χ2v) is 10.5. The molecule has 0 spiro atoms. The number of aliphatic hydroxyl groups excluding tert-OH is 1. The minimum absolute atomic E-state index is 0.00954. The monoisotopic (exact) mass is 550 g/mol. The molecular formula is C30H34N2O6S. The molecule has 0 bridgehead atoms. The van der Waals surface area contributed by atoms with Gasteiger partial charge in [-0.25, -0.2) is 5.48 Å². The van der Waals surface area contributed by atoms with Gasteiger partial charge >= 0.3 is 0 Å². The van der Waals surface area contributed by atoms with Crippen molar-refractivity contribution in [2.45, 2.75) is 62.1 Å². The summed E-state index contributed by atoms with van der Waals surface area (Å²) >= 11 is 1.74. The van der Waals surface area contributed by atoms with Gasteiger partial charge in [-0.3, -0.25) is 14.8 Å². The van der Waals surface area contributed by atoms with Crippen molar-refractivity contribution >= 4 is 29.3 Å². The summed E-state index contributed by atoms with van der Waals surface area (Å²) in [5, 5.41) is 20.9. The van der Waals surface area contributed by atoms with Gasteiger partial charge in [0.1, 0.15) is 0 Å². The number of amides is 2. The van der Waals surface area contributed by atoms with Gasteiger partial charge in [-0.1, -0.05) is 54.6 Å². The summed E-state index contributed by atoms with van der Waals surface area (Å²) in [5.74, 6) is 0.152. The lowest BCUT2D eigenvalue weighted by Crippen LogP contribution is -2.31. The summed E-state index contributed by atoms with van der Waals surface area (Å²) in [4.78, 5) is 24.7. The average Bonchev–Trinajstić information content (AvgIpc) is 2.98. The molecule has 0 radical (unpaired) electrons. The van der Waals surface area contributed by atoms with Gasteiger partial charge in [-0.05, 0) is 48.2 Å². The number of aliphatic hydroxyl groups is 1. The number of carbonyl (C=O) groups excluding carboxylic acids is 2. The van der Waals surface area contributed by atoms with Gasteiger partial charge in [0.15, 0.2) is 6.29 Å². The lowest BCUT2D eigenvalue weighted by Gasteiger charge is -2.36. The molecule has 3 aromatic rings. The first-order chi connectivity index (χ1) is 19.0. The van der Waals surface area contributed by atoms with E-state index in [4.69, 9.17) is 14.7 Å². The quantitative estimate of drug-likeness (QED) is 0.102. The second kappa shape index (κ2) is 14.8. The Balaban J connectivity index is 1.43. The van der Waals surface area contributed by atoms with Crippen LogP contribution in [0.15, 0.2) is 83.8 Å². The van der Waals surface area contributed by atoms with E-state index in [1.54, 1.807) is 17.2 Å². The van der Waals surface area contributed by atoms with Crippen LogP contribution in [0.4, 0.5) is 5.69 Å². The fourth-order valence-corrected chi connectivity index (χ4v) is 5.28.